The first-order valence-corrected chi connectivity index (χ1v) is 11.5. The maximum absolute atomic E-state index is 13.1. The van der Waals surface area contributed by atoms with E-state index >= 15 is 0 Å². The molecule has 31 heavy (non-hydrogen) atoms. The predicted molar refractivity (Wildman–Crippen MR) is 117 cm³/mol. The van der Waals surface area contributed by atoms with Crippen LogP contribution in [-0.2, 0) is 24.1 Å². The smallest absolute Gasteiger partial charge is 0.276 e. The van der Waals surface area contributed by atoms with E-state index < -0.39 is 0 Å². The van der Waals surface area contributed by atoms with Gasteiger partial charge in [0.25, 0.3) is 5.91 Å². The highest BCUT2D eigenvalue weighted by molar-refractivity contribution is 5.94. The first-order chi connectivity index (χ1) is 15.1. The number of rotatable bonds is 7. The number of hydrogen-bond donors (Lipinski definition) is 0. The van der Waals surface area contributed by atoms with Crippen molar-refractivity contribution in [1.82, 2.24) is 19.9 Å². The van der Waals surface area contributed by atoms with Gasteiger partial charge in [-0.2, -0.15) is 0 Å². The minimum absolute atomic E-state index is 0.00425. The van der Waals surface area contributed by atoms with Crippen LogP contribution in [0.3, 0.4) is 0 Å². The molecule has 0 N–H and O–H groups in total. The lowest BCUT2D eigenvalue weighted by molar-refractivity contribution is -0.130. The van der Waals surface area contributed by atoms with Gasteiger partial charge < -0.3 is 14.3 Å². The standard InChI is InChI=1S/C24H32N4O3/c1-27(16-13-19-8-4-5-14-25-19)22(29)12-11-18-7-6-15-28(17-18)24(30)23-20-9-2-3-10-21(20)31-26-23/h4-5,8,14,18H,2-3,6-7,9-13,15-17H2,1H3/t18-/m1/s1. The molecular formula is C24H32N4O3. The second-order valence-corrected chi connectivity index (χ2v) is 8.82. The number of pyridine rings is 1. The third-order valence-electron chi connectivity index (χ3n) is 6.58. The summed E-state index contributed by atoms with van der Waals surface area (Å²) in [6.07, 6.45) is 9.87. The zero-order valence-electron chi connectivity index (χ0n) is 18.4. The minimum atomic E-state index is -0.00425. The molecule has 1 aliphatic carbocycles. The Labute approximate surface area is 183 Å². The largest absolute Gasteiger partial charge is 0.360 e. The average Bonchev–Trinajstić information content (AvgIpc) is 3.25. The van der Waals surface area contributed by atoms with E-state index in [1.54, 1.807) is 11.1 Å². The molecule has 0 saturated carbocycles. The van der Waals surface area contributed by atoms with E-state index in [1.807, 2.05) is 30.1 Å². The van der Waals surface area contributed by atoms with Crippen LogP contribution in [0.2, 0.25) is 0 Å². The number of carbonyl (C=O) groups excluding carboxylic acids is 2. The monoisotopic (exact) mass is 424 g/mol. The number of aromatic nitrogens is 2. The molecule has 1 saturated heterocycles. The lowest BCUT2D eigenvalue weighted by Gasteiger charge is -2.32. The Balaban J connectivity index is 1.25. The van der Waals surface area contributed by atoms with Crippen LogP contribution in [0.1, 0.15) is 66.0 Å². The molecule has 0 bridgehead atoms. The van der Waals surface area contributed by atoms with Gasteiger partial charge in [0.2, 0.25) is 5.91 Å². The molecule has 0 aromatic carbocycles. The molecule has 2 amide bonds. The number of fused-ring (bicyclic) bond motifs is 1. The maximum atomic E-state index is 13.1. The number of piperidine rings is 1. The number of aryl methyl sites for hydroxylation is 1. The molecule has 3 heterocycles. The Kier molecular flexibility index (Phi) is 6.99. The summed E-state index contributed by atoms with van der Waals surface area (Å²) >= 11 is 0. The average molecular weight is 425 g/mol. The zero-order chi connectivity index (χ0) is 21.6. The van der Waals surface area contributed by atoms with Crippen molar-refractivity contribution >= 4 is 11.8 Å². The van der Waals surface area contributed by atoms with Crippen molar-refractivity contribution in [2.24, 2.45) is 5.92 Å². The Hall–Kier alpha value is -2.70. The van der Waals surface area contributed by atoms with Gasteiger partial charge in [-0.05, 0) is 56.6 Å². The topological polar surface area (TPSA) is 79.5 Å². The van der Waals surface area contributed by atoms with Crippen LogP contribution in [0, 0.1) is 5.92 Å². The third kappa shape index (κ3) is 5.32. The quantitative estimate of drug-likeness (QED) is 0.681. The molecule has 2 aromatic rings. The van der Waals surface area contributed by atoms with Crippen LogP contribution in [-0.4, -0.2) is 58.4 Å². The van der Waals surface area contributed by atoms with Gasteiger partial charge in [-0.3, -0.25) is 14.6 Å². The second-order valence-electron chi connectivity index (χ2n) is 8.82. The van der Waals surface area contributed by atoms with Crippen LogP contribution < -0.4 is 0 Å². The van der Waals surface area contributed by atoms with E-state index in [2.05, 4.69) is 10.1 Å². The number of likely N-dealkylation sites (N-methyl/N-ethyl adjacent to an activating group) is 1. The Morgan fingerprint density at radius 2 is 2.10 bits per heavy atom. The molecule has 1 aliphatic heterocycles. The number of hydrogen-bond acceptors (Lipinski definition) is 5. The van der Waals surface area contributed by atoms with Crippen molar-refractivity contribution in [3.8, 4) is 0 Å². The summed E-state index contributed by atoms with van der Waals surface area (Å²) in [5, 5.41) is 4.11. The summed E-state index contributed by atoms with van der Waals surface area (Å²) in [5.74, 6) is 1.40. The molecule has 0 radical (unpaired) electrons. The second kappa shape index (κ2) is 10.1. The number of nitrogens with zero attached hydrogens (tertiary/aromatic N) is 4. The molecule has 2 aliphatic rings. The summed E-state index contributed by atoms with van der Waals surface area (Å²) in [6.45, 7) is 2.13. The first kappa shape index (κ1) is 21.5. The summed E-state index contributed by atoms with van der Waals surface area (Å²) in [6, 6.07) is 5.85. The van der Waals surface area contributed by atoms with Crippen molar-refractivity contribution < 1.29 is 14.1 Å². The van der Waals surface area contributed by atoms with E-state index in [1.165, 1.54) is 0 Å². The summed E-state index contributed by atoms with van der Waals surface area (Å²) in [7, 11) is 1.86. The Morgan fingerprint density at radius 3 is 2.94 bits per heavy atom. The highest BCUT2D eigenvalue weighted by Crippen LogP contribution is 2.27. The summed E-state index contributed by atoms with van der Waals surface area (Å²) in [4.78, 5) is 33.7. The Bertz CT molecular complexity index is 895. The molecule has 1 fully saturated rings. The number of likely N-dealkylation sites (tertiary alicyclic amines) is 1. The molecular weight excluding hydrogens is 392 g/mol. The molecule has 2 aromatic heterocycles. The van der Waals surface area contributed by atoms with Crippen molar-refractivity contribution in [3.63, 3.8) is 0 Å². The third-order valence-corrected chi connectivity index (χ3v) is 6.58. The predicted octanol–water partition coefficient (Wildman–Crippen LogP) is 3.28. The van der Waals surface area contributed by atoms with Gasteiger partial charge in [-0.25, -0.2) is 0 Å². The van der Waals surface area contributed by atoms with Gasteiger partial charge in [-0.1, -0.05) is 11.2 Å². The summed E-state index contributed by atoms with van der Waals surface area (Å²) in [5.41, 5.74) is 2.53. The van der Waals surface area contributed by atoms with Crippen LogP contribution in [0.5, 0.6) is 0 Å². The van der Waals surface area contributed by atoms with Crippen molar-refractivity contribution in [3.05, 3.63) is 47.1 Å². The van der Waals surface area contributed by atoms with E-state index in [9.17, 15) is 9.59 Å². The fourth-order valence-corrected chi connectivity index (χ4v) is 4.66. The van der Waals surface area contributed by atoms with Crippen molar-refractivity contribution in [1.29, 1.82) is 0 Å². The SMILES string of the molecule is CN(CCc1ccccn1)C(=O)CC[C@H]1CCCN(C(=O)c2noc3c2CCCC3)C1. The van der Waals surface area contributed by atoms with E-state index in [0.717, 1.165) is 74.9 Å². The van der Waals surface area contributed by atoms with Crippen LogP contribution >= 0.6 is 0 Å². The van der Waals surface area contributed by atoms with Gasteiger partial charge in [-0.15, -0.1) is 0 Å². The lowest BCUT2D eigenvalue weighted by Crippen LogP contribution is -2.41. The van der Waals surface area contributed by atoms with E-state index in [-0.39, 0.29) is 11.8 Å². The van der Waals surface area contributed by atoms with E-state index in [0.29, 0.717) is 31.1 Å². The van der Waals surface area contributed by atoms with Gasteiger partial charge >= 0.3 is 0 Å². The molecule has 0 spiro atoms. The van der Waals surface area contributed by atoms with Crippen molar-refractivity contribution in [2.45, 2.75) is 57.8 Å². The molecule has 7 nitrogen and oxygen atoms in total. The molecule has 0 unspecified atom stereocenters. The highest BCUT2D eigenvalue weighted by Gasteiger charge is 2.30. The van der Waals surface area contributed by atoms with E-state index in [4.69, 9.17) is 4.52 Å². The van der Waals surface area contributed by atoms with Gasteiger partial charge in [0.05, 0.1) is 0 Å². The minimum Gasteiger partial charge on any atom is -0.360 e. The van der Waals surface area contributed by atoms with Crippen LogP contribution in [0.15, 0.2) is 28.9 Å². The molecule has 4 rings (SSSR count). The normalized spacial score (nSPS) is 18.5. The van der Waals surface area contributed by atoms with Crippen LogP contribution in [0.4, 0.5) is 0 Å². The van der Waals surface area contributed by atoms with Crippen molar-refractivity contribution in [2.75, 3.05) is 26.7 Å². The molecule has 7 heteroatoms. The maximum Gasteiger partial charge on any atom is 0.276 e. The summed E-state index contributed by atoms with van der Waals surface area (Å²) < 4.78 is 5.43. The first-order valence-electron chi connectivity index (χ1n) is 11.5. The van der Waals surface area contributed by atoms with Gasteiger partial charge in [0.1, 0.15) is 5.76 Å². The Morgan fingerprint density at radius 1 is 1.23 bits per heavy atom. The van der Waals surface area contributed by atoms with Gasteiger partial charge in [0.15, 0.2) is 5.69 Å². The number of carbonyl (C=O) groups is 2. The molecule has 1 atom stereocenters. The molecule has 166 valence electrons. The zero-order valence-corrected chi connectivity index (χ0v) is 18.4. The highest BCUT2D eigenvalue weighted by atomic mass is 16.5. The number of amides is 2. The fourth-order valence-electron chi connectivity index (χ4n) is 4.66. The lowest BCUT2D eigenvalue weighted by atomic mass is 9.92. The fraction of sp³-hybridized carbons (Fsp3) is 0.583. The van der Waals surface area contributed by atoms with Crippen LogP contribution in [0.25, 0.3) is 0 Å². The van der Waals surface area contributed by atoms with Gasteiger partial charge in [0, 0.05) is 63.4 Å².